The third kappa shape index (κ3) is 4.05. The first kappa shape index (κ1) is 29.9. The minimum atomic E-state index is -0.390. The van der Waals surface area contributed by atoms with Crippen molar-refractivity contribution in [2.75, 3.05) is 7.11 Å². The molecular weight excluding hydrogens is 520 g/mol. The molecule has 0 unspecified atom stereocenters. The molecule has 0 bridgehead atoms. The van der Waals surface area contributed by atoms with Crippen molar-refractivity contribution in [2.24, 2.45) is 50.2 Å². The van der Waals surface area contributed by atoms with Gasteiger partial charge in [-0.05, 0) is 123 Å². The molecule has 4 fully saturated rings. The molecular formula is C38H54O4. The Morgan fingerprint density at radius 3 is 2.19 bits per heavy atom. The second-order valence-corrected chi connectivity index (χ2v) is 16.9. The van der Waals surface area contributed by atoms with Crippen molar-refractivity contribution in [3.8, 4) is 0 Å². The third-order valence-corrected chi connectivity index (χ3v) is 14.7. The van der Waals surface area contributed by atoms with Crippen molar-refractivity contribution in [2.45, 2.75) is 119 Å². The first-order valence-corrected chi connectivity index (χ1v) is 16.7. The molecule has 42 heavy (non-hydrogen) atoms. The normalized spacial score (nSPS) is 45.7. The van der Waals surface area contributed by atoms with E-state index in [-0.39, 0.29) is 50.5 Å². The lowest BCUT2D eigenvalue weighted by Crippen LogP contribution is -2.64. The fourth-order valence-electron chi connectivity index (χ4n) is 11.7. The largest absolute Gasteiger partial charge is 0.469 e. The molecule has 5 aliphatic carbocycles. The molecule has 0 heterocycles. The van der Waals surface area contributed by atoms with Gasteiger partial charge in [-0.2, -0.15) is 0 Å². The van der Waals surface area contributed by atoms with E-state index in [1.165, 1.54) is 25.7 Å². The van der Waals surface area contributed by atoms with E-state index in [0.717, 1.165) is 38.5 Å². The lowest BCUT2D eigenvalue weighted by molar-refractivity contribution is -0.203. The number of methoxy groups -OCH3 is 1. The second-order valence-electron chi connectivity index (χ2n) is 16.9. The number of hydrogen-bond acceptors (Lipinski definition) is 4. The average Bonchev–Trinajstić information content (AvgIpc) is 2.96. The van der Waals surface area contributed by atoms with E-state index in [0.29, 0.717) is 23.3 Å². The van der Waals surface area contributed by atoms with E-state index >= 15 is 0 Å². The summed E-state index contributed by atoms with van der Waals surface area (Å²) in [5, 5.41) is 0. The lowest BCUT2D eigenvalue weighted by Gasteiger charge is -2.71. The van der Waals surface area contributed by atoms with Crippen LogP contribution in [0.4, 0.5) is 0 Å². The quantitative estimate of drug-likeness (QED) is 0.267. The van der Waals surface area contributed by atoms with Crippen LogP contribution in [0.2, 0.25) is 0 Å². The maximum absolute atomic E-state index is 13.1. The Kier molecular flexibility index (Phi) is 6.92. The van der Waals surface area contributed by atoms with Crippen LogP contribution in [0.15, 0.2) is 42.0 Å². The van der Waals surface area contributed by atoms with Gasteiger partial charge in [0, 0.05) is 5.41 Å². The van der Waals surface area contributed by atoms with Crippen LogP contribution in [0.5, 0.6) is 0 Å². The van der Waals surface area contributed by atoms with Crippen LogP contribution < -0.4 is 0 Å². The van der Waals surface area contributed by atoms with Gasteiger partial charge in [0.1, 0.15) is 6.10 Å². The fourth-order valence-corrected chi connectivity index (χ4v) is 11.7. The van der Waals surface area contributed by atoms with Crippen LogP contribution in [0.25, 0.3) is 0 Å². The fraction of sp³-hybridized carbons (Fsp3) is 0.737. The van der Waals surface area contributed by atoms with Crippen LogP contribution in [0.1, 0.15) is 123 Å². The highest BCUT2D eigenvalue weighted by molar-refractivity contribution is 5.89. The Morgan fingerprint density at radius 1 is 0.810 bits per heavy atom. The van der Waals surface area contributed by atoms with Crippen LogP contribution >= 0.6 is 0 Å². The summed E-state index contributed by atoms with van der Waals surface area (Å²) in [5.74, 6) is 1.34. The summed E-state index contributed by atoms with van der Waals surface area (Å²) < 4.78 is 11.6. The molecule has 230 valence electrons. The minimum Gasteiger partial charge on any atom is -0.469 e. The predicted octanol–water partition coefficient (Wildman–Crippen LogP) is 9.19. The molecule has 0 aromatic heterocycles. The maximum atomic E-state index is 13.1. The van der Waals surface area contributed by atoms with E-state index < -0.39 is 0 Å². The Labute approximate surface area is 254 Å². The summed E-state index contributed by atoms with van der Waals surface area (Å²) in [6.07, 6.45) is 13.6. The summed E-state index contributed by atoms with van der Waals surface area (Å²) >= 11 is 0. The zero-order valence-corrected chi connectivity index (χ0v) is 27.5. The number of allylic oxidation sites excluding steroid dienone is 2. The lowest BCUT2D eigenvalue weighted by atomic mass is 9.33. The van der Waals surface area contributed by atoms with Gasteiger partial charge in [-0.25, -0.2) is 4.79 Å². The molecule has 0 saturated heterocycles. The standard InChI is InChI=1S/C38H54O4/c1-33(2)28-16-19-38(7)29(36(28,5)18-17-30(33)42-31(39)25-12-10-9-11-13-25)15-14-26-27-24-35(4,32(40)41-8)21-20-34(27,3)22-23-37(26,38)6/h9-14,27-30H,15-24H2,1-8H3/t27-,28-,29+,30+,34+,35+,36-,37+,38+/m0/s1. The van der Waals surface area contributed by atoms with Gasteiger partial charge in [0.2, 0.25) is 0 Å². The van der Waals surface area contributed by atoms with Crippen molar-refractivity contribution < 1.29 is 19.1 Å². The first-order valence-electron chi connectivity index (χ1n) is 16.7. The van der Waals surface area contributed by atoms with Crippen molar-refractivity contribution >= 4 is 11.9 Å². The number of carbonyl (C=O) groups excluding carboxylic acids is 2. The number of benzene rings is 1. The van der Waals surface area contributed by atoms with E-state index in [9.17, 15) is 9.59 Å². The number of ether oxygens (including phenoxy) is 2. The van der Waals surface area contributed by atoms with Crippen LogP contribution in [-0.4, -0.2) is 25.2 Å². The van der Waals surface area contributed by atoms with E-state index in [1.807, 2.05) is 30.3 Å². The van der Waals surface area contributed by atoms with Crippen molar-refractivity contribution in [3.63, 3.8) is 0 Å². The van der Waals surface area contributed by atoms with Gasteiger partial charge in [0.15, 0.2) is 0 Å². The molecule has 5 aliphatic rings. The molecule has 0 aliphatic heterocycles. The monoisotopic (exact) mass is 574 g/mol. The van der Waals surface area contributed by atoms with Gasteiger partial charge in [0.05, 0.1) is 18.1 Å². The molecule has 9 atom stereocenters. The molecule has 4 saturated carbocycles. The van der Waals surface area contributed by atoms with Crippen LogP contribution in [-0.2, 0) is 14.3 Å². The van der Waals surface area contributed by atoms with Crippen molar-refractivity contribution in [1.29, 1.82) is 0 Å². The third-order valence-electron chi connectivity index (χ3n) is 14.7. The molecule has 0 amide bonds. The summed E-state index contributed by atoms with van der Waals surface area (Å²) in [6, 6.07) is 9.47. The zero-order chi connectivity index (χ0) is 30.3. The SMILES string of the molecule is COC(=O)[C@]1(C)CC[C@]2(C)CC[C@]3(C)C(=CC[C@@H]4[C@@]5(C)CC[C@@H](OC(=O)c6ccccc6)C(C)(C)[C@@H]5CC[C@]43C)[C@@H]2C1. The van der Waals surface area contributed by atoms with Crippen LogP contribution in [0.3, 0.4) is 0 Å². The van der Waals surface area contributed by atoms with Gasteiger partial charge >= 0.3 is 11.9 Å². The highest BCUT2D eigenvalue weighted by atomic mass is 16.5. The Bertz CT molecular complexity index is 1280. The summed E-state index contributed by atoms with van der Waals surface area (Å²) in [5.41, 5.74) is 2.66. The van der Waals surface area contributed by atoms with E-state index in [2.05, 4.69) is 54.5 Å². The number of fused-ring (bicyclic) bond motifs is 7. The van der Waals surface area contributed by atoms with Gasteiger partial charge in [-0.15, -0.1) is 0 Å². The molecule has 4 nitrogen and oxygen atoms in total. The molecule has 1 aromatic carbocycles. The van der Waals surface area contributed by atoms with Gasteiger partial charge in [-0.3, -0.25) is 4.79 Å². The van der Waals surface area contributed by atoms with Crippen molar-refractivity contribution in [3.05, 3.63) is 47.5 Å². The number of rotatable bonds is 3. The molecule has 0 N–H and O–H groups in total. The minimum absolute atomic E-state index is 0.0303. The van der Waals surface area contributed by atoms with Gasteiger partial charge < -0.3 is 9.47 Å². The molecule has 6 rings (SSSR count). The average molecular weight is 575 g/mol. The topological polar surface area (TPSA) is 52.6 Å². The summed E-state index contributed by atoms with van der Waals surface area (Å²) in [4.78, 5) is 26.1. The van der Waals surface area contributed by atoms with Gasteiger partial charge in [0.25, 0.3) is 0 Å². The zero-order valence-electron chi connectivity index (χ0n) is 27.5. The molecule has 1 aromatic rings. The Morgan fingerprint density at radius 2 is 1.50 bits per heavy atom. The highest BCUT2D eigenvalue weighted by Gasteiger charge is 2.68. The number of esters is 2. The second kappa shape index (κ2) is 9.70. The maximum Gasteiger partial charge on any atom is 0.338 e. The van der Waals surface area contributed by atoms with Crippen LogP contribution in [0, 0.1) is 50.2 Å². The van der Waals surface area contributed by atoms with Crippen molar-refractivity contribution in [1.82, 2.24) is 0 Å². The summed E-state index contributed by atoms with van der Waals surface area (Å²) in [7, 11) is 1.55. The molecule has 4 heteroatoms. The predicted molar refractivity (Wildman–Crippen MR) is 167 cm³/mol. The summed E-state index contributed by atoms with van der Waals surface area (Å²) in [6.45, 7) is 17.2. The highest BCUT2D eigenvalue weighted by Crippen LogP contribution is 2.75. The Hall–Kier alpha value is -2.10. The van der Waals surface area contributed by atoms with Gasteiger partial charge in [-0.1, -0.05) is 71.4 Å². The number of carbonyl (C=O) groups is 2. The molecule has 0 spiro atoms. The smallest absolute Gasteiger partial charge is 0.338 e. The van der Waals surface area contributed by atoms with E-state index in [1.54, 1.807) is 12.7 Å². The first-order chi connectivity index (χ1) is 19.6. The van der Waals surface area contributed by atoms with E-state index in [4.69, 9.17) is 9.47 Å². The number of hydrogen-bond donors (Lipinski definition) is 0. The Balaban J connectivity index is 1.30. The molecule has 0 radical (unpaired) electrons.